The van der Waals surface area contributed by atoms with Gasteiger partial charge in [-0.05, 0) is 36.5 Å². The van der Waals surface area contributed by atoms with E-state index in [2.05, 4.69) is 53.7 Å². The van der Waals surface area contributed by atoms with E-state index >= 15 is 0 Å². The second kappa shape index (κ2) is 5.13. The van der Waals surface area contributed by atoms with Crippen LogP contribution in [-0.4, -0.2) is 21.0 Å². The molecule has 1 N–H and O–H groups in total. The highest BCUT2D eigenvalue weighted by Crippen LogP contribution is 2.20. The predicted molar refractivity (Wildman–Crippen MR) is 75.3 cm³/mol. The summed E-state index contributed by atoms with van der Waals surface area (Å²) in [5.41, 5.74) is 3.41. The van der Waals surface area contributed by atoms with E-state index in [0.717, 1.165) is 17.9 Å². The molecular formula is C15H20N4. The summed E-state index contributed by atoms with van der Waals surface area (Å²) in [6, 6.07) is 9.18. The van der Waals surface area contributed by atoms with Crippen LogP contribution in [0.25, 0.3) is 5.69 Å². The number of aromatic nitrogens is 3. The molecule has 19 heavy (non-hydrogen) atoms. The lowest BCUT2D eigenvalue weighted by molar-refractivity contribution is 0.671. The molecular weight excluding hydrogens is 236 g/mol. The zero-order valence-corrected chi connectivity index (χ0v) is 11.5. The topological polar surface area (TPSA) is 42.7 Å². The van der Waals surface area contributed by atoms with E-state index in [-0.39, 0.29) is 0 Å². The van der Waals surface area contributed by atoms with Crippen molar-refractivity contribution < 1.29 is 0 Å². The molecule has 0 amide bonds. The van der Waals surface area contributed by atoms with Gasteiger partial charge in [0.05, 0.1) is 17.6 Å². The van der Waals surface area contributed by atoms with Crippen LogP contribution in [0.4, 0.5) is 0 Å². The van der Waals surface area contributed by atoms with Gasteiger partial charge in [0, 0.05) is 12.6 Å². The zero-order valence-electron chi connectivity index (χ0n) is 11.5. The Labute approximate surface area is 113 Å². The maximum absolute atomic E-state index is 4.22. The van der Waals surface area contributed by atoms with Gasteiger partial charge >= 0.3 is 0 Å². The first kappa shape index (κ1) is 12.4. The van der Waals surface area contributed by atoms with Crippen LogP contribution in [0.15, 0.2) is 30.5 Å². The number of rotatable bonds is 5. The summed E-state index contributed by atoms with van der Waals surface area (Å²) in [6.07, 6.45) is 4.60. The molecule has 100 valence electrons. The molecule has 1 aromatic heterocycles. The molecule has 1 aliphatic rings. The number of nitrogens with one attached hydrogen (secondary N) is 1. The van der Waals surface area contributed by atoms with Crippen LogP contribution in [0.1, 0.15) is 43.9 Å². The fraction of sp³-hybridized carbons (Fsp3) is 0.467. The number of hydrogen-bond donors (Lipinski definition) is 1. The molecule has 3 rings (SSSR count). The highest BCUT2D eigenvalue weighted by molar-refractivity contribution is 5.36. The van der Waals surface area contributed by atoms with Gasteiger partial charge in [0.2, 0.25) is 0 Å². The van der Waals surface area contributed by atoms with Crippen LogP contribution in [0.3, 0.4) is 0 Å². The van der Waals surface area contributed by atoms with Crippen molar-refractivity contribution >= 4 is 0 Å². The van der Waals surface area contributed by atoms with Crippen molar-refractivity contribution in [2.45, 2.75) is 45.2 Å². The van der Waals surface area contributed by atoms with Crippen molar-refractivity contribution in [3.05, 3.63) is 41.7 Å². The smallest absolute Gasteiger partial charge is 0.0969 e. The van der Waals surface area contributed by atoms with Crippen LogP contribution < -0.4 is 5.32 Å². The van der Waals surface area contributed by atoms with Gasteiger partial charge in [-0.3, -0.25) is 0 Å². The summed E-state index contributed by atoms with van der Waals surface area (Å²) in [5, 5.41) is 11.9. The van der Waals surface area contributed by atoms with E-state index in [4.69, 9.17) is 0 Å². The first-order chi connectivity index (χ1) is 9.22. The Kier molecular flexibility index (Phi) is 3.34. The fourth-order valence-corrected chi connectivity index (χ4v) is 2.07. The Bertz CT molecular complexity index is 555. The third-order valence-electron chi connectivity index (χ3n) is 3.49. The van der Waals surface area contributed by atoms with E-state index in [0.29, 0.717) is 12.0 Å². The van der Waals surface area contributed by atoms with Gasteiger partial charge in [-0.15, -0.1) is 5.10 Å². The van der Waals surface area contributed by atoms with Gasteiger partial charge in [0.25, 0.3) is 0 Å². The molecule has 0 spiro atoms. The van der Waals surface area contributed by atoms with Crippen LogP contribution >= 0.6 is 0 Å². The molecule has 1 aliphatic carbocycles. The maximum Gasteiger partial charge on any atom is 0.0969 e. The summed E-state index contributed by atoms with van der Waals surface area (Å²) in [4.78, 5) is 0. The second-order valence-corrected chi connectivity index (χ2v) is 5.56. The van der Waals surface area contributed by atoms with E-state index < -0.39 is 0 Å². The van der Waals surface area contributed by atoms with E-state index in [1.54, 1.807) is 0 Å². The molecule has 0 bridgehead atoms. The molecule has 4 heteroatoms. The van der Waals surface area contributed by atoms with Crippen LogP contribution in [-0.2, 0) is 6.54 Å². The number of nitrogens with zero attached hydrogens (tertiary/aromatic N) is 3. The Morgan fingerprint density at radius 2 is 2.21 bits per heavy atom. The van der Waals surface area contributed by atoms with Crippen LogP contribution in [0.5, 0.6) is 0 Å². The molecule has 0 radical (unpaired) electrons. The average Bonchev–Trinajstić information content (AvgIpc) is 3.13. The van der Waals surface area contributed by atoms with Gasteiger partial charge in [0.15, 0.2) is 0 Å². The van der Waals surface area contributed by atoms with Crippen molar-refractivity contribution in [3.8, 4) is 5.69 Å². The first-order valence-corrected chi connectivity index (χ1v) is 6.97. The quantitative estimate of drug-likeness (QED) is 0.894. The van der Waals surface area contributed by atoms with Gasteiger partial charge < -0.3 is 5.32 Å². The summed E-state index contributed by atoms with van der Waals surface area (Å²) in [5.74, 6) is 0.527. The van der Waals surface area contributed by atoms with Crippen LogP contribution in [0.2, 0.25) is 0 Å². The van der Waals surface area contributed by atoms with E-state index in [1.807, 2.05) is 10.9 Å². The van der Waals surface area contributed by atoms with Crippen molar-refractivity contribution in [2.24, 2.45) is 0 Å². The Morgan fingerprint density at radius 3 is 2.95 bits per heavy atom. The third kappa shape index (κ3) is 3.01. The first-order valence-electron chi connectivity index (χ1n) is 6.97. The maximum atomic E-state index is 4.22. The summed E-state index contributed by atoms with van der Waals surface area (Å²) in [7, 11) is 0. The molecule has 1 fully saturated rings. The molecule has 0 unspecified atom stereocenters. The number of benzene rings is 1. The second-order valence-electron chi connectivity index (χ2n) is 5.56. The lowest BCUT2D eigenvalue weighted by Gasteiger charge is -2.07. The van der Waals surface area contributed by atoms with Crippen LogP contribution in [0, 0.1) is 0 Å². The van der Waals surface area contributed by atoms with Crippen molar-refractivity contribution in [1.82, 2.24) is 20.3 Å². The molecule has 1 aromatic carbocycles. The predicted octanol–water partition coefficient (Wildman–Crippen LogP) is 2.64. The highest BCUT2D eigenvalue weighted by atomic mass is 15.4. The molecule has 1 heterocycles. The molecule has 0 saturated heterocycles. The lowest BCUT2D eigenvalue weighted by atomic mass is 10.0. The molecule has 4 nitrogen and oxygen atoms in total. The van der Waals surface area contributed by atoms with E-state index in [1.165, 1.54) is 18.4 Å². The Morgan fingerprint density at radius 1 is 1.37 bits per heavy atom. The molecule has 1 saturated carbocycles. The zero-order chi connectivity index (χ0) is 13.2. The van der Waals surface area contributed by atoms with Crippen molar-refractivity contribution in [3.63, 3.8) is 0 Å². The van der Waals surface area contributed by atoms with Gasteiger partial charge in [-0.2, -0.15) is 0 Å². The van der Waals surface area contributed by atoms with Crippen molar-refractivity contribution in [1.29, 1.82) is 0 Å². The summed E-state index contributed by atoms with van der Waals surface area (Å²) >= 11 is 0. The van der Waals surface area contributed by atoms with Crippen molar-refractivity contribution in [2.75, 3.05) is 0 Å². The fourth-order valence-electron chi connectivity index (χ4n) is 2.07. The average molecular weight is 256 g/mol. The SMILES string of the molecule is CC(C)c1cccc(-n2cc(CNC3CC3)nn2)c1. The monoisotopic (exact) mass is 256 g/mol. The van der Waals surface area contributed by atoms with Gasteiger partial charge in [-0.25, -0.2) is 4.68 Å². The highest BCUT2D eigenvalue weighted by Gasteiger charge is 2.20. The van der Waals surface area contributed by atoms with Gasteiger partial charge in [0.1, 0.15) is 0 Å². The van der Waals surface area contributed by atoms with E-state index in [9.17, 15) is 0 Å². The number of hydrogen-bond acceptors (Lipinski definition) is 3. The Hall–Kier alpha value is -1.68. The summed E-state index contributed by atoms with van der Waals surface area (Å²) in [6.45, 7) is 5.21. The minimum Gasteiger partial charge on any atom is -0.308 e. The third-order valence-corrected chi connectivity index (χ3v) is 3.49. The molecule has 2 aromatic rings. The van der Waals surface area contributed by atoms with Gasteiger partial charge in [-0.1, -0.05) is 31.2 Å². The largest absolute Gasteiger partial charge is 0.308 e. The standard InChI is InChI=1S/C15H20N4/c1-11(2)12-4-3-5-15(8-12)19-10-14(17-18-19)9-16-13-6-7-13/h3-5,8,10-11,13,16H,6-7,9H2,1-2H3. The minimum atomic E-state index is 0.527. The lowest BCUT2D eigenvalue weighted by Crippen LogP contribution is -2.15. The molecule has 0 aliphatic heterocycles. The minimum absolute atomic E-state index is 0.527. The summed E-state index contributed by atoms with van der Waals surface area (Å²) < 4.78 is 1.86. The molecule has 0 atom stereocenters. The Balaban J connectivity index is 1.75. The normalized spacial score (nSPS) is 15.1.